The molecule has 9 nitrogen and oxygen atoms in total. The Balaban J connectivity index is 1.64. The molecule has 0 aliphatic rings. The first-order valence-electron chi connectivity index (χ1n) is 11.2. The average molecular weight is 520 g/mol. The van der Waals surface area contributed by atoms with Gasteiger partial charge in [-0.25, -0.2) is 21.6 Å². The molecule has 0 fully saturated rings. The van der Waals surface area contributed by atoms with E-state index in [0.29, 0.717) is 23.7 Å². The number of ether oxygens (including phenoxy) is 1. The summed E-state index contributed by atoms with van der Waals surface area (Å²) in [4.78, 5) is 16.8. The van der Waals surface area contributed by atoms with Crippen LogP contribution in [0.25, 0.3) is 10.9 Å². The molecule has 0 unspecified atom stereocenters. The number of aryl methyl sites for hydroxylation is 1. The fourth-order valence-corrected chi connectivity index (χ4v) is 5.96. The smallest absolute Gasteiger partial charge is 0.324 e. The number of carbonyl (C=O) groups excluding carboxylic acids is 1. The summed E-state index contributed by atoms with van der Waals surface area (Å²) >= 11 is 0. The molecule has 1 heterocycles. The van der Waals surface area contributed by atoms with Crippen LogP contribution < -0.4 is 9.44 Å². The summed E-state index contributed by atoms with van der Waals surface area (Å²) in [5.41, 5.74) is 1.26. The van der Waals surface area contributed by atoms with Crippen LogP contribution in [0.5, 0.6) is 0 Å². The molecule has 2 aromatic carbocycles. The summed E-state index contributed by atoms with van der Waals surface area (Å²) in [6.07, 6.45) is 2.43. The number of hydrogen-bond acceptors (Lipinski definition) is 7. The molecular weight excluding hydrogens is 490 g/mol. The zero-order valence-electron chi connectivity index (χ0n) is 19.6. The lowest BCUT2D eigenvalue weighted by molar-refractivity contribution is -0.145. The largest absolute Gasteiger partial charge is 0.465 e. The van der Waals surface area contributed by atoms with Gasteiger partial charge in [-0.2, -0.15) is 4.72 Å². The van der Waals surface area contributed by atoms with E-state index in [4.69, 9.17) is 4.74 Å². The summed E-state index contributed by atoms with van der Waals surface area (Å²) in [5.74, 6) is -0.690. The Hall–Kier alpha value is -2.86. The summed E-state index contributed by atoms with van der Waals surface area (Å²) < 4.78 is 61.1. The minimum atomic E-state index is -4.08. The van der Waals surface area contributed by atoms with Crippen LogP contribution in [0.1, 0.15) is 31.7 Å². The lowest BCUT2D eigenvalue weighted by Crippen LogP contribution is -2.42. The maximum Gasteiger partial charge on any atom is 0.324 e. The molecule has 2 N–H and O–H groups in total. The van der Waals surface area contributed by atoms with Crippen molar-refractivity contribution in [2.45, 2.75) is 48.9 Å². The minimum Gasteiger partial charge on any atom is -0.465 e. The van der Waals surface area contributed by atoms with E-state index in [-0.39, 0.29) is 29.4 Å². The van der Waals surface area contributed by atoms with Crippen molar-refractivity contribution in [1.82, 2.24) is 14.4 Å². The SMILES string of the molecule is CCOC(=O)[C@H](CCCCNS(=O)(=O)c1ccc(C)cc1)NS(=O)(=O)c1cccc2cccnc12. The highest BCUT2D eigenvalue weighted by molar-refractivity contribution is 7.90. The molecule has 1 atom stereocenters. The predicted molar refractivity (Wildman–Crippen MR) is 133 cm³/mol. The summed E-state index contributed by atoms with van der Waals surface area (Å²) in [7, 11) is -7.73. The number of para-hydroxylation sites is 1. The topological polar surface area (TPSA) is 132 Å². The van der Waals surface area contributed by atoms with Crippen LogP contribution in [-0.2, 0) is 29.6 Å². The van der Waals surface area contributed by atoms with E-state index in [9.17, 15) is 21.6 Å². The number of rotatable bonds is 12. The third-order valence-corrected chi connectivity index (χ3v) is 8.28. The van der Waals surface area contributed by atoms with Gasteiger partial charge in [-0.05, 0) is 57.4 Å². The summed E-state index contributed by atoms with van der Waals surface area (Å²) in [5, 5.41) is 0.656. The zero-order chi connectivity index (χ0) is 25.5. The van der Waals surface area contributed by atoms with E-state index in [1.165, 1.54) is 24.4 Å². The van der Waals surface area contributed by atoms with Crippen molar-refractivity contribution in [2.24, 2.45) is 0 Å². The molecule has 35 heavy (non-hydrogen) atoms. The van der Waals surface area contributed by atoms with E-state index in [0.717, 1.165) is 5.56 Å². The Kier molecular flexibility index (Phi) is 8.95. The fraction of sp³-hybridized carbons (Fsp3) is 0.333. The molecule has 0 saturated heterocycles. The Morgan fingerprint density at radius 1 is 0.971 bits per heavy atom. The van der Waals surface area contributed by atoms with Crippen LogP contribution in [0.3, 0.4) is 0 Å². The third-order valence-electron chi connectivity index (χ3n) is 5.30. The lowest BCUT2D eigenvalue weighted by Gasteiger charge is -2.18. The maximum absolute atomic E-state index is 13.1. The van der Waals surface area contributed by atoms with Crippen LogP contribution in [0, 0.1) is 6.92 Å². The van der Waals surface area contributed by atoms with E-state index in [1.807, 2.05) is 6.92 Å². The number of benzene rings is 2. The lowest BCUT2D eigenvalue weighted by atomic mass is 10.1. The van der Waals surface area contributed by atoms with Crippen molar-refractivity contribution in [3.8, 4) is 0 Å². The quantitative estimate of drug-likeness (QED) is 0.278. The number of pyridine rings is 1. The highest BCUT2D eigenvalue weighted by Crippen LogP contribution is 2.21. The van der Waals surface area contributed by atoms with Gasteiger partial charge in [0, 0.05) is 18.1 Å². The monoisotopic (exact) mass is 519 g/mol. The molecule has 0 amide bonds. The average Bonchev–Trinajstić information content (AvgIpc) is 2.83. The van der Waals surface area contributed by atoms with Crippen molar-refractivity contribution in [3.63, 3.8) is 0 Å². The van der Waals surface area contributed by atoms with Crippen molar-refractivity contribution in [3.05, 3.63) is 66.4 Å². The number of aromatic nitrogens is 1. The Bertz CT molecular complexity index is 1370. The molecule has 0 bridgehead atoms. The van der Waals surface area contributed by atoms with Crippen molar-refractivity contribution < 1.29 is 26.4 Å². The van der Waals surface area contributed by atoms with Gasteiger partial charge in [0.15, 0.2) is 0 Å². The standard InChI is InChI=1S/C24H29N3O6S2/c1-3-33-24(28)21(10-4-5-17-26-34(29,30)20-14-12-18(2)13-15-20)27-35(31,32)22-11-6-8-19-9-7-16-25-23(19)22/h6-9,11-16,21,26-27H,3-5,10,17H2,1-2H3/t21-/m0/s1. The number of carbonyl (C=O) groups is 1. The molecule has 0 saturated carbocycles. The first-order valence-corrected chi connectivity index (χ1v) is 14.2. The number of esters is 1. The van der Waals surface area contributed by atoms with Gasteiger partial charge in [-0.3, -0.25) is 9.78 Å². The molecule has 3 rings (SSSR count). The molecule has 1 aromatic heterocycles. The van der Waals surface area contributed by atoms with Crippen LogP contribution in [0.2, 0.25) is 0 Å². The van der Waals surface area contributed by atoms with E-state index in [1.54, 1.807) is 43.3 Å². The molecular formula is C24H29N3O6S2. The summed E-state index contributed by atoms with van der Waals surface area (Å²) in [6.45, 7) is 3.75. The number of fused-ring (bicyclic) bond motifs is 1. The minimum absolute atomic E-state index is 0.0317. The third kappa shape index (κ3) is 7.07. The van der Waals surface area contributed by atoms with Gasteiger partial charge in [0.2, 0.25) is 20.0 Å². The highest BCUT2D eigenvalue weighted by atomic mass is 32.2. The number of hydrogen-bond donors (Lipinski definition) is 2. The second-order valence-corrected chi connectivity index (χ2v) is 11.4. The first-order chi connectivity index (χ1) is 16.6. The molecule has 0 radical (unpaired) electrons. The van der Waals surface area contributed by atoms with Gasteiger partial charge in [0.05, 0.1) is 17.0 Å². The molecule has 188 valence electrons. The van der Waals surface area contributed by atoms with Gasteiger partial charge in [0.25, 0.3) is 0 Å². The first kappa shape index (κ1) is 26.7. The van der Waals surface area contributed by atoms with Gasteiger partial charge in [0.1, 0.15) is 10.9 Å². The van der Waals surface area contributed by atoms with Gasteiger partial charge >= 0.3 is 5.97 Å². The van der Waals surface area contributed by atoms with E-state index in [2.05, 4.69) is 14.4 Å². The second kappa shape index (κ2) is 11.7. The number of nitrogens with one attached hydrogen (secondary N) is 2. The number of nitrogens with zero attached hydrogens (tertiary/aromatic N) is 1. The van der Waals surface area contributed by atoms with Gasteiger partial charge < -0.3 is 4.74 Å². The fourth-order valence-electron chi connectivity index (χ4n) is 3.49. The van der Waals surface area contributed by atoms with Crippen LogP contribution in [0.4, 0.5) is 0 Å². The van der Waals surface area contributed by atoms with Crippen LogP contribution in [0.15, 0.2) is 70.6 Å². The maximum atomic E-state index is 13.1. The number of unbranched alkanes of at least 4 members (excludes halogenated alkanes) is 1. The summed E-state index contributed by atoms with van der Waals surface area (Å²) in [6, 6.07) is 13.6. The van der Waals surface area contributed by atoms with Crippen molar-refractivity contribution in [1.29, 1.82) is 0 Å². The van der Waals surface area contributed by atoms with Gasteiger partial charge in [-0.15, -0.1) is 0 Å². The normalized spacial score (nSPS) is 13.0. The van der Waals surface area contributed by atoms with Crippen molar-refractivity contribution in [2.75, 3.05) is 13.2 Å². The molecule has 0 aliphatic carbocycles. The molecule has 0 aliphatic heterocycles. The van der Waals surface area contributed by atoms with E-state index >= 15 is 0 Å². The second-order valence-electron chi connectivity index (χ2n) is 7.96. The van der Waals surface area contributed by atoms with Crippen molar-refractivity contribution >= 4 is 36.9 Å². The Morgan fingerprint density at radius 2 is 1.69 bits per heavy atom. The molecule has 0 spiro atoms. The van der Waals surface area contributed by atoms with Gasteiger partial charge in [-0.1, -0.05) is 35.9 Å². The highest BCUT2D eigenvalue weighted by Gasteiger charge is 2.28. The van der Waals surface area contributed by atoms with Crippen LogP contribution in [-0.4, -0.2) is 47.0 Å². The Labute approximate surface area is 206 Å². The molecule has 3 aromatic rings. The number of sulfonamides is 2. The zero-order valence-corrected chi connectivity index (χ0v) is 21.2. The Morgan fingerprint density at radius 3 is 2.40 bits per heavy atom. The van der Waals surface area contributed by atoms with E-state index < -0.39 is 32.1 Å². The van der Waals surface area contributed by atoms with Crippen LogP contribution >= 0.6 is 0 Å². The predicted octanol–water partition coefficient (Wildman–Crippen LogP) is 2.90. The molecule has 11 heteroatoms.